The lowest BCUT2D eigenvalue weighted by atomic mass is 10.0. The van der Waals surface area contributed by atoms with Crippen LogP contribution in [0.3, 0.4) is 0 Å². The van der Waals surface area contributed by atoms with Crippen LogP contribution in [0.25, 0.3) is 0 Å². The zero-order valence-electron chi connectivity index (χ0n) is 8.50. The molecule has 0 aromatic carbocycles. The Morgan fingerprint density at radius 3 is 2.93 bits per heavy atom. The van der Waals surface area contributed by atoms with Crippen molar-refractivity contribution in [2.75, 3.05) is 5.73 Å². The van der Waals surface area contributed by atoms with Gasteiger partial charge in [-0.3, -0.25) is 4.68 Å². The van der Waals surface area contributed by atoms with Crippen molar-refractivity contribution >= 4 is 5.82 Å². The van der Waals surface area contributed by atoms with E-state index in [0.717, 1.165) is 0 Å². The standard InChI is InChI=1S/C10H15F2N3/c11-10(12)5-1-2-8(10)3-6-15-7-4-9(13)14-15/h4,7-8H,1-3,5-6H2,(H2,13,14). The van der Waals surface area contributed by atoms with E-state index in [4.69, 9.17) is 5.73 Å². The van der Waals surface area contributed by atoms with Crippen LogP contribution in [0.4, 0.5) is 14.6 Å². The average Bonchev–Trinajstić information content (AvgIpc) is 2.69. The first-order chi connectivity index (χ1) is 7.08. The highest BCUT2D eigenvalue weighted by atomic mass is 19.3. The molecular weight excluding hydrogens is 200 g/mol. The maximum Gasteiger partial charge on any atom is 0.251 e. The van der Waals surface area contributed by atoms with Crippen molar-refractivity contribution < 1.29 is 8.78 Å². The molecule has 2 N–H and O–H groups in total. The van der Waals surface area contributed by atoms with E-state index in [0.29, 0.717) is 31.6 Å². The third-order valence-electron chi connectivity index (χ3n) is 3.03. The molecule has 0 spiro atoms. The minimum atomic E-state index is -2.47. The van der Waals surface area contributed by atoms with Crippen LogP contribution in [-0.4, -0.2) is 15.7 Å². The Morgan fingerprint density at radius 2 is 2.40 bits per heavy atom. The smallest absolute Gasteiger partial charge is 0.251 e. The van der Waals surface area contributed by atoms with Gasteiger partial charge in [-0.25, -0.2) is 8.78 Å². The molecule has 5 heteroatoms. The van der Waals surface area contributed by atoms with Crippen LogP contribution >= 0.6 is 0 Å². The third-order valence-corrected chi connectivity index (χ3v) is 3.03. The molecule has 1 fully saturated rings. The van der Waals surface area contributed by atoms with Crippen LogP contribution in [0.2, 0.25) is 0 Å². The molecule has 0 bridgehead atoms. The number of hydrogen-bond donors (Lipinski definition) is 1. The second kappa shape index (κ2) is 3.79. The molecule has 0 amide bonds. The number of anilines is 1. The summed E-state index contributed by atoms with van der Waals surface area (Å²) in [4.78, 5) is 0. The number of nitrogen functional groups attached to an aromatic ring is 1. The minimum Gasteiger partial charge on any atom is -0.382 e. The predicted octanol–water partition coefficient (Wildman–Crippen LogP) is 2.29. The molecule has 0 saturated heterocycles. The van der Waals surface area contributed by atoms with Crippen molar-refractivity contribution in [3.05, 3.63) is 12.3 Å². The molecule has 1 atom stereocenters. The van der Waals surface area contributed by atoms with Gasteiger partial charge in [0.05, 0.1) is 0 Å². The van der Waals surface area contributed by atoms with Gasteiger partial charge in [0.1, 0.15) is 5.82 Å². The van der Waals surface area contributed by atoms with Crippen molar-refractivity contribution in [3.8, 4) is 0 Å². The van der Waals surface area contributed by atoms with E-state index in [1.807, 2.05) is 0 Å². The zero-order chi connectivity index (χ0) is 10.9. The SMILES string of the molecule is Nc1ccn(CCC2CCCC2(F)F)n1. The van der Waals surface area contributed by atoms with Crippen LogP contribution < -0.4 is 5.73 Å². The molecule has 1 aliphatic carbocycles. The summed E-state index contributed by atoms with van der Waals surface area (Å²) in [6, 6.07) is 1.67. The average molecular weight is 215 g/mol. The topological polar surface area (TPSA) is 43.8 Å². The summed E-state index contributed by atoms with van der Waals surface area (Å²) in [6.45, 7) is 0.525. The van der Waals surface area contributed by atoms with E-state index < -0.39 is 11.8 Å². The van der Waals surface area contributed by atoms with Crippen LogP contribution in [0, 0.1) is 5.92 Å². The Labute approximate surface area is 87.3 Å². The van der Waals surface area contributed by atoms with Crippen molar-refractivity contribution in [1.29, 1.82) is 0 Å². The summed E-state index contributed by atoms with van der Waals surface area (Å²) in [5.74, 6) is -2.52. The summed E-state index contributed by atoms with van der Waals surface area (Å²) in [7, 11) is 0. The summed E-state index contributed by atoms with van der Waals surface area (Å²) in [5, 5.41) is 3.97. The van der Waals surface area contributed by atoms with Gasteiger partial charge >= 0.3 is 0 Å². The fourth-order valence-electron chi connectivity index (χ4n) is 2.14. The second-order valence-electron chi connectivity index (χ2n) is 4.14. The molecule has 1 saturated carbocycles. The molecular formula is C10H15F2N3. The number of aryl methyl sites for hydroxylation is 1. The lowest BCUT2D eigenvalue weighted by Gasteiger charge is -2.18. The first kappa shape index (κ1) is 10.4. The van der Waals surface area contributed by atoms with Crippen LogP contribution in [0.15, 0.2) is 12.3 Å². The molecule has 1 aliphatic rings. The number of halogens is 2. The van der Waals surface area contributed by atoms with E-state index in [1.54, 1.807) is 16.9 Å². The summed E-state index contributed by atoms with van der Waals surface area (Å²) in [6.07, 6.45) is 3.51. The monoisotopic (exact) mass is 215 g/mol. The van der Waals surface area contributed by atoms with E-state index >= 15 is 0 Å². The van der Waals surface area contributed by atoms with E-state index in [-0.39, 0.29) is 6.42 Å². The first-order valence-electron chi connectivity index (χ1n) is 5.25. The van der Waals surface area contributed by atoms with Gasteiger partial charge in [-0.15, -0.1) is 0 Å². The van der Waals surface area contributed by atoms with Crippen molar-refractivity contribution in [2.45, 2.75) is 38.2 Å². The molecule has 2 rings (SSSR count). The molecule has 1 heterocycles. The quantitative estimate of drug-likeness (QED) is 0.840. The van der Waals surface area contributed by atoms with Gasteiger partial charge in [-0.2, -0.15) is 5.10 Å². The van der Waals surface area contributed by atoms with Crippen LogP contribution in [0.5, 0.6) is 0 Å². The fraction of sp³-hybridized carbons (Fsp3) is 0.700. The third kappa shape index (κ3) is 2.27. The number of hydrogen-bond acceptors (Lipinski definition) is 2. The number of nitrogens with zero attached hydrogens (tertiary/aromatic N) is 2. The highest BCUT2D eigenvalue weighted by molar-refractivity contribution is 5.23. The molecule has 0 radical (unpaired) electrons. The Morgan fingerprint density at radius 1 is 1.60 bits per heavy atom. The number of aromatic nitrogens is 2. The zero-order valence-corrected chi connectivity index (χ0v) is 8.50. The molecule has 15 heavy (non-hydrogen) atoms. The molecule has 84 valence electrons. The van der Waals surface area contributed by atoms with E-state index in [2.05, 4.69) is 5.10 Å². The highest BCUT2D eigenvalue weighted by Crippen LogP contribution is 2.42. The van der Waals surface area contributed by atoms with E-state index in [1.165, 1.54) is 0 Å². The van der Waals surface area contributed by atoms with E-state index in [9.17, 15) is 8.78 Å². The van der Waals surface area contributed by atoms with Crippen molar-refractivity contribution in [3.63, 3.8) is 0 Å². The first-order valence-corrected chi connectivity index (χ1v) is 5.25. The summed E-state index contributed by atoms with van der Waals surface area (Å²) < 4.78 is 28.2. The number of nitrogens with two attached hydrogens (primary N) is 1. The van der Waals surface area contributed by atoms with Crippen molar-refractivity contribution in [2.24, 2.45) is 5.92 Å². The van der Waals surface area contributed by atoms with Crippen LogP contribution in [0.1, 0.15) is 25.7 Å². The van der Waals surface area contributed by atoms with Gasteiger partial charge in [0.15, 0.2) is 0 Å². The maximum absolute atomic E-state index is 13.3. The minimum absolute atomic E-state index is 0.0406. The molecule has 3 nitrogen and oxygen atoms in total. The van der Waals surface area contributed by atoms with Crippen LogP contribution in [-0.2, 0) is 6.54 Å². The molecule has 1 aromatic rings. The van der Waals surface area contributed by atoms with Gasteiger partial charge in [0.2, 0.25) is 0 Å². The Balaban J connectivity index is 1.88. The normalized spacial score (nSPS) is 24.5. The Kier molecular flexibility index (Phi) is 2.63. The predicted molar refractivity (Wildman–Crippen MR) is 53.5 cm³/mol. The maximum atomic E-state index is 13.3. The highest BCUT2D eigenvalue weighted by Gasteiger charge is 2.43. The van der Waals surface area contributed by atoms with Gasteiger partial charge in [-0.05, 0) is 25.3 Å². The molecule has 1 unspecified atom stereocenters. The van der Waals surface area contributed by atoms with Gasteiger partial charge in [0, 0.05) is 25.1 Å². The fourth-order valence-corrected chi connectivity index (χ4v) is 2.14. The lowest BCUT2D eigenvalue weighted by molar-refractivity contribution is -0.0408. The Bertz CT molecular complexity index is 335. The Hall–Kier alpha value is -1.13. The summed E-state index contributed by atoms with van der Waals surface area (Å²) in [5.41, 5.74) is 5.44. The van der Waals surface area contributed by atoms with Gasteiger partial charge < -0.3 is 5.73 Å². The van der Waals surface area contributed by atoms with Crippen molar-refractivity contribution in [1.82, 2.24) is 9.78 Å². The molecule has 0 aliphatic heterocycles. The number of alkyl halides is 2. The molecule has 1 aromatic heterocycles. The van der Waals surface area contributed by atoms with Gasteiger partial charge in [0.25, 0.3) is 5.92 Å². The summed E-state index contributed by atoms with van der Waals surface area (Å²) >= 11 is 0. The second-order valence-corrected chi connectivity index (χ2v) is 4.14. The lowest BCUT2D eigenvalue weighted by Crippen LogP contribution is -2.23. The number of rotatable bonds is 3. The van der Waals surface area contributed by atoms with Gasteiger partial charge in [-0.1, -0.05) is 0 Å². The largest absolute Gasteiger partial charge is 0.382 e.